The molecule has 2 saturated carbocycles. The third-order valence-electron chi connectivity index (χ3n) is 10.3. The van der Waals surface area contributed by atoms with Gasteiger partial charge in [-0.3, -0.25) is 9.59 Å². The molecule has 0 bridgehead atoms. The lowest BCUT2D eigenvalue weighted by molar-refractivity contribution is 0.101. The molecule has 4 aliphatic rings. The Morgan fingerprint density at radius 2 is 1.17 bits per heavy atom. The molecule has 2 unspecified atom stereocenters. The monoisotopic (exact) mass is 902 g/mol. The second kappa shape index (κ2) is 18.4. The number of nitrogens with one attached hydrogen (secondary N) is 3. The van der Waals surface area contributed by atoms with Crippen LogP contribution in [0.5, 0.6) is 0 Å². The SMILES string of the molecule is C.Cn1cc2c(c1C(=O)Nc1ccc(F)c(Cl)c1)CCCC2N.Cn1cc2c(c1C(=O)Nc1ccc(F)c(Cl)c1)CCCC2NS(=O)(=O)C1CC1.O=S(=O)(Cl)C1CC1. The second-order valence-corrected chi connectivity index (χ2v) is 20.4. The molecule has 316 valence electrons. The minimum atomic E-state index is -3.32. The van der Waals surface area contributed by atoms with Crippen LogP contribution >= 0.6 is 33.9 Å². The molecule has 19 heteroatoms. The fourth-order valence-corrected chi connectivity index (χ4v) is 10.3. The summed E-state index contributed by atoms with van der Waals surface area (Å²) in [6.45, 7) is 0. The van der Waals surface area contributed by atoms with Crippen LogP contribution in [0.25, 0.3) is 0 Å². The summed E-state index contributed by atoms with van der Waals surface area (Å²) >= 11 is 11.5. The van der Waals surface area contributed by atoms with Gasteiger partial charge >= 0.3 is 0 Å². The van der Waals surface area contributed by atoms with E-state index in [2.05, 4.69) is 15.4 Å². The molecule has 2 aromatic heterocycles. The van der Waals surface area contributed by atoms with Gasteiger partial charge in [-0.1, -0.05) is 30.6 Å². The Morgan fingerprint density at radius 1 is 0.724 bits per heavy atom. The number of hydrogen-bond acceptors (Lipinski definition) is 7. The number of nitrogens with two attached hydrogens (primary N) is 1. The van der Waals surface area contributed by atoms with Crippen molar-refractivity contribution in [2.75, 3.05) is 10.6 Å². The Hall–Kier alpha value is -3.51. The molecule has 2 amide bonds. The Balaban J connectivity index is 0.000000190. The van der Waals surface area contributed by atoms with Crippen molar-refractivity contribution in [3.8, 4) is 0 Å². The van der Waals surface area contributed by atoms with E-state index >= 15 is 0 Å². The van der Waals surface area contributed by atoms with Crippen molar-refractivity contribution in [2.24, 2.45) is 19.8 Å². The zero-order valence-electron chi connectivity index (χ0n) is 31.1. The fraction of sp³-hybridized carbons (Fsp3) is 0.436. The molecule has 2 atom stereocenters. The van der Waals surface area contributed by atoms with Gasteiger partial charge in [-0.15, -0.1) is 0 Å². The summed E-state index contributed by atoms with van der Waals surface area (Å²) in [5.41, 5.74) is 11.8. The number of carbonyl (C=O) groups is 2. The summed E-state index contributed by atoms with van der Waals surface area (Å²) in [7, 11) is 2.02. The van der Waals surface area contributed by atoms with Gasteiger partial charge < -0.3 is 25.5 Å². The molecule has 0 saturated heterocycles. The summed E-state index contributed by atoms with van der Waals surface area (Å²) in [5, 5.41) is 4.93. The highest BCUT2D eigenvalue weighted by atomic mass is 35.7. The highest BCUT2D eigenvalue weighted by Crippen LogP contribution is 2.37. The topological polar surface area (TPSA) is 174 Å². The molecule has 0 radical (unpaired) electrons. The number of anilines is 2. The van der Waals surface area contributed by atoms with Gasteiger partial charge in [0.15, 0.2) is 0 Å². The Labute approximate surface area is 352 Å². The molecule has 58 heavy (non-hydrogen) atoms. The van der Waals surface area contributed by atoms with Gasteiger partial charge in [-0.25, -0.2) is 30.3 Å². The third kappa shape index (κ3) is 10.8. The van der Waals surface area contributed by atoms with Crippen molar-refractivity contribution in [1.29, 1.82) is 0 Å². The average molecular weight is 904 g/mol. The maximum Gasteiger partial charge on any atom is 0.272 e. The number of halogens is 5. The molecule has 0 spiro atoms. The van der Waals surface area contributed by atoms with Crippen molar-refractivity contribution in [3.05, 3.63) is 104 Å². The Morgan fingerprint density at radius 3 is 1.60 bits per heavy atom. The quantitative estimate of drug-likeness (QED) is 0.129. The lowest BCUT2D eigenvalue weighted by atomic mass is 9.90. The average Bonchev–Trinajstić information content (AvgIpc) is 4.07. The summed E-state index contributed by atoms with van der Waals surface area (Å²) in [5.74, 6) is -1.64. The number of aryl methyl sites for hydroxylation is 2. The van der Waals surface area contributed by atoms with Gasteiger partial charge in [0, 0.05) is 60.6 Å². The molecule has 2 fully saturated rings. The van der Waals surface area contributed by atoms with Crippen molar-refractivity contribution in [3.63, 3.8) is 0 Å². The Bertz CT molecular complexity index is 2420. The lowest BCUT2D eigenvalue weighted by Gasteiger charge is -2.24. The minimum Gasteiger partial charge on any atom is -0.346 e. The van der Waals surface area contributed by atoms with E-state index in [1.165, 1.54) is 36.4 Å². The first-order valence-electron chi connectivity index (χ1n) is 18.4. The second-order valence-electron chi connectivity index (χ2n) is 14.7. The molecule has 12 nitrogen and oxygen atoms in total. The van der Waals surface area contributed by atoms with Crippen LogP contribution in [0.15, 0.2) is 48.8 Å². The number of carbonyl (C=O) groups excluding carboxylic acids is 2. The first-order valence-corrected chi connectivity index (χ1v) is 23.1. The van der Waals surface area contributed by atoms with E-state index in [4.69, 9.17) is 39.6 Å². The van der Waals surface area contributed by atoms with E-state index in [0.29, 0.717) is 48.4 Å². The molecule has 8 rings (SSSR count). The van der Waals surface area contributed by atoms with Crippen molar-refractivity contribution in [1.82, 2.24) is 13.9 Å². The van der Waals surface area contributed by atoms with Crippen LogP contribution in [0, 0.1) is 11.6 Å². The number of amides is 2. The number of rotatable bonds is 8. The summed E-state index contributed by atoms with van der Waals surface area (Å²) in [6.07, 6.45) is 11.6. The Kier molecular flexibility index (Phi) is 14.5. The number of fused-ring (bicyclic) bond motifs is 2. The van der Waals surface area contributed by atoms with Crippen LogP contribution in [0.4, 0.5) is 20.2 Å². The smallest absolute Gasteiger partial charge is 0.272 e. The maximum atomic E-state index is 13.3. The van der Waals surface area contributed by atoms with Gasteiger partial charge in [0.05, 0.1) is 20.5 Å². The molecular weight excluding hydrogens is 857 g/mol. The van der Waals surface area contributed by atoms with E-state index < -0.39 is 30.7 Å². The van der Waals surface area contributed by atoms with E-state index in [1.807, 2.05) is 19.4 Å². The molecular formula is C39H47Cl3F2N6O6S2. The third-order valence-corrected chi connectivity index (χ3v) is 14.8. The lowest BCUT2D eigenvalue weighted by Crippen LogP contribution is -2.33. The molecule has 2 aromatic carbocycles. The van der Waals surface area contributed by atoms with E-state index in [1.54, 1.807) is 16.2 Å². The highest BCUT2D eigenvalue weighted by Gasteiger charge is 2.39. The largest absolute Gasteiger partial charge is 0.346 e. The molecule has 4 aromatic rings. The van der Waals surface area contributed by atoms with Crippen LogP contribution in [0.2, 0.25) is 10.0 Å². The summed E-state index contributed by atoms with van der Waals surface area (Å²) in [4.78, 5) is 25.4. The number of nitrogens with zero attached hydrogens (tertiary/aromatic N) is 2. The van der Waals surface area contributed by atoms with Gasteiger partial charge in [-0.05, 0) is 123 Å². The molecule has 5 N–H and O–H groups in total. The summed E-state index contributed by atoms with van der Waals surface area (Å²) in [6, 6.07) is 7.78. The zero-order chi connectivity index (χ0) is 41.4. The standard InChI is InChI=1S/C19H21ClFN3O3S.C16H17ClFN3O.C3H5ClO2S.CH4/c1-24-10-14-13(3-2-4-17(14)23-28(26,27)12-6-7-12)18(24)19(25)22-11-5-8-16(21)15(20)9-11;1-21-8-11-10(3-2-4-14(11)19)15(21)16(22)20-9-5-6-13(18)12(17)7-9;4-7(5,6)3-1-2-3;/h5,8-10,12,17,23H,2-4,6-7H2,1H3,(H,22,25);5-8,14H,2-4,19H2,1H3,(H,20,22);3H,1-2H2;1H4. The number of aromatic nitrogens is 2. The van der Waals surface area contributed by atoms with Gasteiger partial charge in [0.25, 0.3) is 11.8 Å². The zero-order valence-corrected chi connectivity index (χ0v) is 35.0. The normalized spacial score (nSPS) is 18.6. The van der Waals surface area contributed by atoms with Gasteiger partial charge in [0.2, 0.25) is 19.1 Å². The predicted octanol–water partition coefficient (Wildman–Crippen LogP) is 8.29. The van der Waals surface area contributed by atoms with Gasteiger partial charge in [0.1, 0.15) is 23.0 Å². The van der Waals surface area contributed by atoms with Crippen LogP contribution in [0.1, 0.15) is 114 Å². The van der Waals surface area contributed by atoms with E-state index in [0.717, 1.165) is 60.8 Å². The van der Waals surface area contributed by atoms with E-state index in [-0.39, 0.29) is 51.9 Å². The maximum absolute atomic E-state index is 13.3. The van der Waals surface area contributed by atoms with Crippen LogP contribution in [0.3, 0.4) is 0 Å². The first kappa shape index (κ1) is 45.6. The minimum absolute atomic E-state index is 0. The highest BCUT2D eigenvalue weighted by molar-refractivity contribution is 8.14. The fourth-order valence-electron chi connectivity index (χ4n) is 7.11. The number of hydrogen-bond donors (Lipinski definition) is 4. The number of benzene rings is 2. The molecule has 0 aliphatic heterocycles. The first-order chi connectivity index (χ1) is 26.8. The van der Waals surface area contributed by atoms with Crippen molar-refractivity contribution in [2.45, 2.75) is 94.2 Å². The van der Waals surface area contributed by atoms with Crippen LogP contribution in [-0.4, -0.2) is 48.3 Å². The summed E-state index contributed by atoms with van der Waals surface area (Å²) < 4.78 is 77.9. The van der Waals surface area contributed by atoms with Gasteiger partial charge in [-0.2, -0.15) is 0 Å². The van der Waals surface area contributed by atoms with Crippen molar-refractivity contribution >= 4 is 76.1 Å². The molecule has 2 heterocycles. The number of sulfonamides is 1. The van der Waals surface area contributed by atoms with Crippen LogP contribution in [-0.2, 0) is 46.0 Å². The predicted molar refractivity (Wildman–Crippen MR) is 225 cm³/mol. The van der Waals surface area contributed by atoms with Crippen molar-refractivity contribution < 1.29 is 35.2 Å². The van der Waals surface area contributed by atoms with E-state index in [9.17, 15) is 35.2 Å². The molecule has 4 aliphatic carbocycles. The van der Waals surface area contributed by atoms with Crippen LogP contribution < -0.4 is 21.1 Å².